The van der Waals surface area contributed by atoms with Crippen molar-refractivity contribution in [1.82, 2.24) is 25.0 Å². The molecule has 0 bridgehead atoms. The summed E-state index contributed by atoms with van der Waals surface area (Å²) in [5.41, 5.74) is 2.18. The molecule has 1 saturated heterocycles. The van der Waals surface area contributed by atoms with Crippen LogP contribution < -0.4 is 5.32 Å². The molecule has 2 aromatic rings. The molecule has 0 unspecified atom stereocenters. The van der Waals surface area contributed by atoms with E-state index in [9.17, 15) is 4.79 Å². The van der Waals surface area contributed by atoms with Gasteiger partial charge in [-0.05, 0) is 58.0 Å². The molecule has 0 spiro atoms. The van der Waals surface area contributed by atoms with Gasteiger partial charge in [-0.1, -0.05) is 11.6 Å². The lowest BCUT2D eigenvalue weighted by Crippen LogP contribution is -2.31. The molecule has 3 rings (SSSR count). The molecule has 1 atom stereocenters. The molecule has 0 aliphatic carbocycles. The molecule has 128 valence electrons. The predicted molar refractivity (Wildman–Crippen MR) is 93.8 cm³/mol. The highest BCUT2D eigenvalue weighted by Gasteiger charge is 2.28. The topological polar surface area (TPSA) is 63.1 Å². The summed E-state index contributed by atoms with van der Waals surface area (Å²) in [7, 11) is 1.93. The third-order valence-corrected chi connectivity index (χ3v) is 4.63. The number of carbonyl (C=O) groups is 1. The minimum absolute atomic E-state index is 0.109. The van der Waals surface area contributed by atoms with E-state index in [4.69, 9.17) is 11.6 Å². The number of pyridine rings is 1. The molecular formula is C17H22ClN5O. The average molecular weight is 348 g/mol. The molecule has 6 nitrogen and oxygen atoms in total. The Morgan fingerprint density at radius 1 is 1.42 bits per heavy atom. The van der Waals surface area contributed by atoms with Gasteiger partial charge in [-0.2, -0.15) is 5.10 Å². The molecule has 0 radical (unpaired) electrons. The zero-order chi connectivity index (χ0) is 17.3. The minimum Gasteiger partial charge on any atom is -0.337 e. The van der Waals surface area contributed by atoms with Crippen molar-refractivity contribution in [2.75, 3.05) is 26.7 Å². The SMILES string of the molecule is CNC[C@H]1CCN(C(=O)c2nc(-n3nc(C)cc3C)ccc2Cl)C1. The molecule has 1 aliphatic rings. The number of halogens is 1. The van der Waals surface area contributed by atoms with Crippen LogP contribution in [0.5, 0.6) is 0 Å². The van der Waals surface area contributed by atoms with Gasteiger partial charge in [-0.15, -0.1) is 0 Å². The molecule has 3 heterocycles. The summed E-state index contributed by atoms with van der Waals surface area (Å²) in [6.45, 7) is 6.28. The van der Waals surface area contributed by atoms with E-state index in [1.165, 1.54) is 0 Å². The quantitative estimate of drug-likeness (QED) is 0.921. The van der Waals surface area contributed by atoms with Crippen molar-refractivity contribution >= 4 is 17.5 Å². The van der Waals surface area contributed by atoms with Crippen LogP contribution in [-0.4, -0.2) is 52.3 Å². The molecule has 0 aromatic carbocycles. The van der Waals surface area contributed by atoms with E-state index >= 15 is 0 Å². The Hall–Kier alpha value is -1.92. The monoisotopic (exact) mass is 347 g/mol. The van der Waals surface area contributed by atoms with E-state index < -0.39 is 0 Å². The molecule has 2 aromatic heterocycles. The first-order valence-electron chi connectivity index (χ1n) is 8.13. The number of amides is 1. The molecular weight excluding hydrogens is 326 g/mol. The highest BCUT2D eigenvalue weighted by molar-refractivity contribution is 6.33. The second-order valence-corrected chi connectivity index (χ2v) is 6.71. The van der Waals surface area contributed by atoms with Gasteiger partial charge in [0.1, 0.15) is 5.69 Å². The van der Waals surface area contributed by atoms with Crippen LogP contribution in [0.4, 0.5) is 0 Å². The highest BCUT2D eigenvalue weighted by Crippen LogP contribution is 2.23. The fourth-order valence-electron chi connectivity index (χ4n) is 3.18. The molecule has 0 saturated carbocycles. The van der Waals surface area contributed by atoms with Gasteiger partial charge in [-0.3, -0.25) is 4.79 Å². The van der Waals surface area contributed by atoms with Crippen molar-refractivity contribution in [3.63, 3.8) is 0 Å². The van der Waals surface area contributed by atoms with Crippen molar-refractivity contribution < 1.29 is 4.79 Å². The number of nitrogens with one attached hydrogen (secondary N) is 1. The number of aromatic nitrogens is 3. The molecule has 1 aliphatic heterocycles. The number of hydrogen-bond acceptors (Lipinski definition) is 4. The summed E-state index contributed by atoms with van der Waals surface area (Å²) in [5, 5.41) is 7.97. The summed E-state index contributed by atoms with van der Waals surface area (Å²) < 4.78 is 1.73. The van der Waals surface area contributed by atoms with Crippen LogP contribution in [0.25, 0.3) is 5.82 Å². The lowest BCUT2D eigenvalue weighted by Gasteiger charge is -2.17. The third kappa shape index (κ3) is 3.30. The second-order valence-electron chi connectivity index (χ2n) is 6.30. The van der Waals surface area contributed by atoms with Crippen molar-refractivity contribution in [1.29, 1.82) is 0 Å². The van der Waals surface area contributed by atoms with E-state index in [1.807, 2.05) is 31.9 Å². The van der Waals surface area contributed by atoms with Gasteiger partial charge >= 0.3 is 0 Å². The number of rotatable bonds is 4. The van der Waals surface area contributed by atoms with Crippen LogP contribution in [-0.2, 0) is 0 Å². The fourth-order valence-corrected chi connectivity index (χ4v) is 3.37. The van der Waals surface area contributed by atoms with E-state index in [0.29, 0.717) is 22.5 Å². The first-order chi connectivity index (χ1) is 11.5. The Morgan fingerprint density at radius 2 is 2.21 bits per heavy atom. The van der Waals surface area contributed by atoms with Crippen LogP contribution in [0, 0.1) is 19.8 Å². The maximum atomic E-state index is 12.8. The molecule has 1 N–H and O–H groups in total. The number of carbonyl (C=O) groups excluding carboxylic acids is 1. The number of nitrogens with zero attached hydrogens (tertiary/aromatic N) is 4. The van der Waals surface area contributed by atoms with Crippen molar-refractivity contribution in [2.24, 2.45) is 5.92 Å². The average Bonchev–Trinajstić information content (AvgIpc) is 3.14. The Bertz CT molecular complexity index is 757. The predicted octanol–water partition coefficient (Wildman–Crippen LogP) is 2.22. The van der Waals surface area contributed by atoms with Crippen molar-refractivity contribution in [3.8, 4) is 5.82 Å². The highest BCUT2D eigenvalue weighted by atomic mass is 35.5. The summed E-state index contributed by atoms with van der Waals surface area (Å²) in [5.74, 6) is 0.984. The normalized spacial score (nSPS) is 17.5. The maximum Gasteiger partial charge on any atom is 0.274 e. The lowest BCUT2D eigenvalue weighted by molar-refractivity contribution is 0.0781. The maximum absolute atomic E-state index is 12.8. The van der Waals surface area contributed by atoms with Crippen molar-refractivity contribution in [2.45, 2.75) is 20.3 Å². The Morgan fingerprint density at radius 3 is 2.88 bits per heavy atom. The Labute approximate surface area is 146 Å². The van der Waals surface area contributed by atoms with E-state index in [0.717, 1.165) is 37.4 Å². The largest absolute Gasteiger partial charge is 0.337 e. The van der Waals surface area contributed by atoms with Gasteiger partial charge in [0.15, 0.2) is 5.82 Å². The molecule has 1 fully saturated rings. The van der Waals surface area contributed by atoms with Gasteiger partial charge in [0.2, 0.25) is 0 Å². The number of likely N-dealkylation sites (tertiary alicyclic amines) is 1. The lowest BCUT2D eigenvalue weighted by atomic mass is 10.1. The molecule has 1 amide bonds. The summed E-state index contributed by atoms with van der Waals surface area (Å²) in [6, 6.07) is 5.47. The van der Waals surface area contributed by atoms with Crippen molar-refractivity contribution in [3.05, 3.63) is 40.3 Å². The zero-order valence-corrected chi connectivity index (χ0v) is 15.0. The van der Waals surface area contributed by atoms with Gasteiger partial charge in [0.05, 0.1) is 10.7 Å². The Balaban J connectivity index is 1.87. The van der Waals surface area contributed by atoms with E-state index in [-0.39, 0.29) is 5.91 Å². The zero-order valence-electron chi connectivity index (χ0n) is 14.2. The van der Waals surface area contributed by atoms with Crippen LogP contribution in [0.1, 0.15) is 28.3 Å². The number of aryl methyl sites for hydroxylation is 2. The smallest absolute Gasteiger partial charge is 0.274 e. The van der Waals surface area contributed by atoms with E-state index in [1.54, 1.807) is 16.8 Å². The first-order valence-corrected chi connectivity index (χ1v) is 8.51. The van der Waals surface area contributed by atoms with Crippen LogP contribution in [0.2, 0.25) is 5.02 Å². The summed E-state index contributed by atoms with van der Waals surface area (Å²) >= 11 is 6.25. The molecule has 24 heavy (non-hydrogen) atoms. The van der Waals surface area contributed by atoms with E-state index in [2.05, 4.69) is 15.4 Å². The fraction of sp³-hybridized carbons (Fsp3) is 0.471. The van der Waals surface area contributed by atoms with Crippen LogP contribution >= 0.6 is 11.6 Å². The second kappa shape index (κ2) is 6.91. The van der Waals surface area contributed by atoms with Gasteiger partial charge in [0, 0.05) is 18.8 Å². The van der Waals surface area contributed by atoms with Gasteiger partial charge < -0.3 is 10.2 Å². The summed E-state index contributed by atoms with van der Waals surface area (Å²) in [4.78, 5) is 19.1. The first kappa shape index (κ1) is 16.9. The van der Waals surface area contributed by atoms with Crippen LogP contribution in [0.15, 0.2) is 18.2 Å². The van der Waals surface area contributed by atoms with Crippen LogP contribution in [0.3, 0.4) is 0 Å². The number of hydrogen-bond donors (Lipinski definition) is 1. The molecule has 7 heteroatoms. The summed E-state index contributed by atoms with van der Waals surface area (Å²) in [6.07, 6.45) is 1.00. The standard InChI is InChI=1S/C17H22ClN5O/c1-11-8-12(2)23(21-11)15-5-4-14(18)16(20-15)17(24)22-7-6-13(10-22)9-19-3/h4-5,8,13,19H,6-7,9-10H2,1-3H3/t13-/m1/s1. The van der Waals surface area contributed by atoms with Gasteiger partial charge in [0.25, 0.3) is 5.91 Å². The Kier molecular flexibility index (Phi) is 4.87. The minimum atomic E-state index is -0.109. The third-order valence-electron chi connectivity index (χ3n) is 4.33. The van der Waals surface area contributed by atoms with Gasteiger partial charge in [-0.25, -0.2) is 9.67 Å².